The van der Waals surface area contributed by atoms with Crippen LogP contribution in [0.15, 0.2) is 36.5 Å². The molecule has 1 aliphatic heterocycles. The number of hydrogen-bond acceptors (Lipinski definition) is 4. The van der Waals surface area contributed by atoms with E-state index in [1.54, 1.807) is 36.2 Å². The maximum absolute atomic E-state index is 12.5. The number of ether oxygens (including phenoxy) is 1. The molecule has 0 saturated carbocycles. The van der Waals surface area contributed by atoms with Gasteiger partial charge in [0.1, 0.15) is 5.75 Å². The van der Waals surface area contributed by atoms with E-state index in [9.17, 15) is 9.90 Å². The molecular weight excluding hydrogens is 365 g/mol. The quantitative estimate of drug-likeness (QED) is 0.734. The molecular formula is C17H13Cl2N3O3. The molecule has 0 radical (unpaired) electrons. The number of nitrogens with zero attached hydrogens (tertiary/aromatic N) is 2. The van der Waals surface area contributed by atoms with Gasteiger partial charge in [0.25, 0.3) is 5.91 Å². The number of halogens is 2. The highest BCUT2D eigenvalue weighted by molar-refractivity contribution is 6.38. The largest absolute Gasteiger partial charge is 0.497 e. The fourth-order valence-corrected chi connectivity index (χ4v) is 3.61. The molecule has 2 aromatic carbocycles. The van der Waals surface area contributed by atoms with Crippen molar-refractivity contribution in [2.75, 3.05) is 12.4 Å². The Balaban J connectivity index is 1.82. The Bertz CT molecular complexity index is 1020. The van der Waals surface area contributed by atoms with Crippen molar-refractivity contribution in [3.63, 3.8) is 0 Å². The number of methoxy groups -OCH3 is 1. The van der Waals surface area contributed by atoms with E-state index in [-0.39, 0.29) is 17.1 Å². The summed E-state index contributed by atoms with van der Waals surface area (Å²) in [6.07, 6.45) is 1.65. The van der Waals surface area contributed by atoms with Gasteiger partial charge >= 0.3 is 0 Å². The zero-order valence-corrected chi connectivity index (χ0v) is 14.6. The molecule has 0 saturated heterocycles. The molecule has 4 rings (SSSR count). The van der Waals surface area contributed by atoms with Crippen LogP contribution in [-0.2, 0) is 16.9 Å². The molecule has 0 aliphatic carbocycles. The summed E-state index contributed by atoms with van der Waals surface area (Å²) in [7, 11) is 1.58. The number of aromatic nitrogens is 2. The standard InChI is InChI=1S/C17H13Cl2N3O3/c1-25-10-2-5-13-9(6-10)7-20-22(13)8-17(24)14-11(18)3-4-12(19)15(14)21-16(17)23/h2-7,24H,8H2,1H3,(H,21,23). The van der Waals surface area contributed by atoms with Gasteiger partial charge in [0.05, 0.1) is 36.1 Å². The fraction of sp³-hybridized carbons (Fsp3) is 0.176. The maximum atomic E-state index is 12.5. The molecule has 0 spiro atoms. The van der Waals surface area contributed by atoms with Crippen molar-refractivity contribution in [3.05, 3.63) is 52.1 Å². The van der Waals surface area contributed by atoms with E-state index in [2.05, 4.69) is 10.4 Å². The second-order valence-electron chi connectivity index (χ2n) is 5.82. The van der Waals surface area contributed by atoms with Crippen LogP contribution in [0.4, 0.5) is 5.69 Å². The van der Waals surface area contributed by atoms with Gasteiger partial charge in [-0.05, 0) is 30.3 Å². The van der Waals surface area contributed by atoms with Crippen molar-refractivity contribution in [1.29, 1.82) is 0 Å². The number of aliphatic hydroxyl groups is 1. The molecule has 0 fully saturated rings. The first-order valence-corrected chi connectivity index (χ1v) is 8.21. The summed E-state index contributed by atoms with van der Waals surface area (Å²) in [6.45, 7) is -0.0955. The SMILES string of the molecule is COc1ccc2c(cnn2CC2(O)C(=O)Nc3c(Cl)ccc(Cl)c32)c1. The number of fused-ring (bicyclic) bond motifs is 2. The van der Waals surface area contributed by atoms with E-state index in [0.717, 1.165) is 10.9 Å². The smallest absolute Gasteiger partial charge is 0.263 e. The van der Waals surface area contributed by atoms with Gasteiger partial charge in [0.15, 0.2) is 5.60 Å². The van der Waals surface area contributed by atoms with Crippen LogP contribution in [0.2, 0.25) is 10.0 Å². The Hall–Kier alpha value is -2.28. The molecule has 2 N–H and O–H groups in total. The van der Waals surface area contributed by atoms with Crippen molar-refractivity contribution in [2.45, 2.75) is 12.1 Å². The Morgan fingerprint density at radius 2 is 2.04 bits per heavy atom. The van der Waals surface area contributed by atoms with Crippen LogP contribution in [0, 0.1) is 0 Å². The van der Waals surface area contributed by atoms with Gasteiger partial charge in [-0.3, -0.25) is 9.48 Å². The average Bonchev–Trinajstić information content (AvgIpc) is 3.11. The lowest BCUT2D eigenvalue weighted by Crippen LogP contribution is -2.39. The zero-order valence-electron chi connectivity index (χ0n) is 13.1. The number of amides is 1. The number of benzene rings is 2. The molecule has 2 heterocycles. The molecule has 8 heteroatoms. The molecule has 1 unspecified atom stereocenters. The highest BCUT2D eigenvalue weighted by atomic mass is 35.5. The van der Waals surface area contributed by atoms with Gasteiger partial charge in [0, 0.05) is 16.0 Å². The summed E-state index contributed by atoms with van der Waals surface area (Å²) in [5.74, 6) is 0.110. The lowest BCUT2D eigenvalue weighted by Gasteiger charge is -2.22. The topological polar surface area (TPSA) is 76.4 Å². The lowest BCUT2D eigenvalue weighted by atomic mass is 9.95. The van der Waals surface area contributed by atoms with Crippen LogP contribution in [0.5, 0.6) is 5.75 Å². The zero-order chi connectivity index (χ0) is 17.8. The minimum Gasteiger partial charge on any atom is -0.497 e. The predicted molar refractivity (Wildman–Crippen MR) is 95.3 cm³/mol. The Morgan fingerprint density at radius 1 is 1.28 bits per heavy atom. The van der Waals surface area contributed by atoms with E-state index >= 15 is 0 Å². The van der Waals surface area contributed by atoms with E-state index in [1.807, 2.05) is 12.1 Å². The first-order chi connectivity index (χ1) is 11.9. The molecule has 128 valence electrons. The molecule has 1 atom stereocenters. The second-order valence-corrected chi connectivity index (χ2v) is 6.63. The van der Waals surface area contributed by atoms with Gasteiger partial charge in [0.2, 0.25) is 0 Å². The highest BCUT2D eigenvalue weighted by Gasteiger charge is 2.48. The van der Waals surface area contributed by atoms with Crippen molar-refractivity contribution in [1.82, 2.24) is 9.78 Å². The fourth-order valence-electron chi connectivity index (χ4n) is 3.09. The van der Waals surface area contributed by atoms with Gasteiger partial charge < -0.3 is 15.2 Å². The van der Waals surface area contributed by atoms with E-state index in [0.29, 0.717) is 16.5 Å². The third-order valence-electron chi connectivity index (χ3n) is 4.36. The van der Waals surface area contributed by atoms with E-state index in [1.165, 1.54) is 0 Å². The normalized spacial score (nSPS) is 19.1. The predicted octanol–water partition coefficient (Wildman–Crippen LogP) is 3.19. The molecule has 6 nitrogen and oxygen atoms in total. The first-order valence-electron chi connectivity index (χ1n) is 7.46. The average molecular weight is 378 g/mol. The van der Waals surface area contributed by atoms with Crippen molar-refractivity contribution in [2.24, 2.45) is 0 Å². The van der Waals surface area contributed by atoms with Crippen LogP contribution in [0.25, 0.3) is 10.9 Å². The minimum absolute atomic E-state index is 0.0955. The summed E-state index contributed by atoms with van der Waals surface area (Å²) in [5.41, 5.74) is -0.506. The monoisotopic (exact) mass is 377 g/mol. The molecule has 1 amide bonds. The van der Waals surface area contributed by atoms with Gasteiger partial charge in [-0.15, -0.1) is 0 Å². The Labute approximate surface area is 152 Å². The number of carbonyl (C=O) groups excluding carboxylic acids is 1. The van der Waals surface area contributed by atoms with Gasteiger partial charge in [-0.1, -0.05) is 23.2 Å². The van der Waals surface area contributed by atoms with Crippen LogP contribution in [-0.4, -0.2) is 27.9 Å². The maximum Gasteiger partial charge on any atom is 0.263 e. The van der Waals surface area contributed by atoms with Crippen LogP contribution < -0.4 is 10.1 Å². The summed E-state index contributed by atoms with van der Waals surface area (Å²) in [4.78, 5) is 12.5. The Morgan fingerprint density at radius 3 is 2.80 bits per heavy atom. The van der Waals surface area contributed by atoms with Crippen LogP contribution in [0.1, 0.15) is 5.56 Å². The summed E-state index contributed by atoms with van der Waals surface area (Å²) in [6, 6.07) is 8.56. The van der Waals surface area contributed by atoms with E-state index in [4.69, 9.17) is 27.9 Å². The molecule has 0 bridgehead atoms. The summed E-state index contributed by atoms with van der Waals surface area (Å²) in [5, 5.41) is 19.4. The minimum atomic E-state index is -1.86. The number of hydrogen-bond donors (Lipinski definition) is 2. The number of anilines is 1. The Kier molecular flexibility index (Phi) is 3.64. The third-order valence-corrected chi connectivity index (χ3v) is 4.99. The van der Waals surface area contributed by atoms with Gasteiger partial charge in [-0.25, -0.2) is 0 Å². The van der Waals surface area contributed by atoms with Crippen LogP contribution >= 0.6 is 23.2 Å². The molecule has 25 heavy (non-hydrogen) atoms. The van der Waals surface area contributed by atoms with Crippen molar-refractivity contribution < 1.29 is 14.6 Å². The molecule has 1 aliphatic rings. The number of rotatable bonds is 3. The number of carbonyl (C=O) groups is 1. The second kappa shape index (κ2) is 5.62. The summed E-state index contributed by atoms with van der Waals surface area (Å²) >= 11 is 12.4. The number of nitrogens with one attached hydrogen (secondary N) is 1. The van der Waals surface area contributed by atoms with Crippen molar-refractivity contribution in [3.8, 4) is 5.75 Å². The third kappa shape index (κ3) is 2.37. The first kappa shape index (κ1) is 16.2. The molecule has 1 aromatic heterocycles. The van der Waals surface area contributed by atoms with Crippen LogP contribution in [0.3, 0.4) is 0 Å². The highest BCUT2D eigenvalue weighted by Crippen LogP contribution is 2.45. The van der Waals surface area contributed by atoms with Gasteiger partial charge in [-0.2, -0.15) is 5.10 Å². The molecule has 3 aromatic rings. The summed E-state index contributed by atoms with van der Waals surface area (Å²) < 4.78 is 6.75. The van der Waals surface area contributed by atoms with Crippen molar-refractivity contribution >= 4 is 45.7 Å². The van der Waals surface area contributed by atoms with E-state index < -0.39 is 11.5 Å². The lowest BCUT2D eigenvalue weighted by molar-refractivity contribution is -0.135.